The molecular weight excluding hydrogens is 304 g/mol. The minimum atomic E-state index is 0.554. The smallest absolute Gasteiger partial charge is 0.158 e. The Balaban J connectivity index is 1.83. The molecule has 1 heterocycles. The van der Waals surface area contributed by atoms with Crippen LogP contribution in [0, 0.1) is 13.8 Å². The Kier molecular flexibility index (Phi) is 4.48. The lowest BCUT2D eigenvalue weighted by Gasteiger charge is -2.11. The number of nitrogen functional groups attached to an aromatic ring is 1. The first kappa shape index (κ1) is 15.4. The maximum Gasteiger partial charge on any atom is 0.158 e. The summed E-state index contributed by atoms with van der Waals surface area (Å²) in [6.45, 7) is 4.12. The highest BCUT2D eigenvalue weighted by molar-refractivity contribution is 7.99. The van der Waals surface area contributed by atoms with Gasteiger partial charge in [0, 0.05) is 10.6 Å². The predicted molar refractivity (Wildman–Crippen MR) is 96.2 cm³/mol. The Morgan fingerprint density at radius 2 is 1.48 bits per heavy atom. The maximum absolute atomic E-state index is 6.23. The molecule has 3 N–H and O–H groups in total. The normalized spacial score (nSPS) is 10.5. The van der Waals surface area contributed by atoms with Crippen molar-refractivity contribution in [1.29, 1.82) is 0 Å². The fourth-order valence-electron chi connectivity index (χ4n) is 2.05. The highest BCUT2D eigenvalue weighted by atomic mass is 32.2. The topological polar surface area (TPSA) is 63.8 Å². The fraction of sp³-hybridized carbons (Fsp3) is 0.111. The molecule has 5 heteroatoms. The molecule has 0 radical (unpaired) electrons. The summed E-state index contributed by atoms with van der Waals surface area (Å²) >= 11 is 1.53. The molecule has 0 spiro atoms. The Hall–Kier alpha value is -2.53. The quantitative estimate of drug-likeness (QED) is 0.689. The number of nitrogens with two attached hydrogens (primary N) is 1. The Morgan fingerprint density at radius 3 is 2.13 bits per heavy atom. The van der Waals surface area contributed by atoms with Crippen molar-refractivity contribution in [3.05, 3.63) is 66.0 Å². The zero-order chi connectivity index (χ0) is 16.2. The van der Waals surface area contributed by atoms with Crippen LogP contribution in [0.15, 0.2) is 64.8 Å². The lowest BCUT2D eigenvalue weighted by atomic mass is 10.2. The monoisotopic (exact) mass is 322 g/mol. The van der Waals surface area contributed by atoms with Gasteiger partial charge in [-0.3, -0.25) is 0 Å². The van der Waals surface area contributed by atoms with Crippen LogP contribution in [0.25, 0.3) is 0 Å². The summed E-state index contributed by atoms with van der Waals surface area (Å²) in [5.41, 5.74) is 10.2. The number of aryl methyl sites for hydroxylation is 2. The van der Waals surface area contributed by atoms with Gasteiger partial charge in [-0.2, -0.15) is 0 Å². The molecule has 0 aliphatic heterocycles. The summed E-state index contributed by atoms with van der Waals surface area (Å²) < 4.78 is 0. The Morgan fingerprint density at radius 1 is 0.870 bits per heavy atom. The number of rotatable bonds is 4. The lowest BCUT2D eigenvalue weighted by Crippen LogP contribution is -2.02. The van der Waals surface area contributed by atoms with Gasteiger partial charge in [-0.05, 0) is 38.1 Å². The number of aromatic nitrogens is 2. The third-order valence-corrected chi connectivity index (χ3v) is 4.42. The number of nitrogens with zero attached hydrogens (tertiary/aromatic N) is 2. The first-order chi connectivity index (χ1) is 11.1. The minimum Gasteiger partial charge on any atom is -0.394 e. The van der Waals surface area contributed by atoms with Gasteiger partial charge in [-0.1, -0.05) is 47.2 Å². The molecule has 3 rings (SSSR count). The number of hydrogen-bond acceptors (Lipinski definition) is 5. The van der Waals surface area contributed by atoms with E-state index in [1.165, 1.54) is 29.2 Å². The molecule has 0 fully saturated rings. The maximum atomic E-state index is 6.23. The number of hydrogen-bond donors (Lipinski definition) is 2. The largest absolute Gasteiger partial charge is 0.394 e. The van der Waals surface area contributed by atoms with Gasteiger partial charge in [0.05, 0.1) is 0 Å². The van der Waals surface area contributed by atoms with Crippen molar-refractivity contribution in [2.24, 2.45) is 0 Å². The van der Waals surface area contributed by atoms with Crippen LogP contribution < -0.4 is 11.1 Å². The van der Waals surface area contributed by atoms with Gasteiger partial charge in [0.2, 0.25) is 0 Å². The third kappa shape index (κ3) is 3.81. The second-order valence-electron chi connectivity index (χ2n) is 5.35. The van der Waals surface area contributed by atoms with E-state index in [0.717, 1.165) is 15.6 Å². The molecule has 4 nitrogen and oxygen atoms in total. The molecular formula is C18H18N4S. The summed E-state index contributed by atoms with van der Waals surface area (Å²) in [6.07, 6.45) is 1.53. The standard InChI is InChI=1S/C18H18N4S/c1-12-3-7-14(8-4-12)22-17-16(19)18(21-11-20-17)23-15-9-5-13(2)6-10-15/h3-11H,19H2,1-2H3,(H,20,21,22). The van der Waals surface area contributed by atoms with Crippen molar-refractivity contribution >= 4 is 29.0 Å². The molecule has 2 aromatic carbocycles. The SMILES string of the molecule is Cc1ccc(Nc2ncnc(Sc3ccc(C)cc3)c2N)cc1. The second-order valence-corrected chi connectivity index (χ2v) is 6.41. The van der Waals surface area contributed by atoms with E-state index in [1.807, 2.05) is 24.3 Å². The van der Waals surface area contributed by atoms with Crippen molar-refractivity contribution in [2.75, 3.05) is 11.1 Å². The molecule has 0 atom stereocenters. The highest BCUT2D eigenvalue weighted by Crippen LogP contribution is 2.34. The summed E-state index contributed by atoms with van der Waals surface area (Å²) in [5.74, 6) is 0.624. The van der Waals surface area contributed by atoms with Crippen molar-refractivity contribution in [1.82, 2.24) is 9.97 Å². The van der Waals surface area contributed by atoms with E-state index in [4.69, 9.17) is 5.73 Å². The summed E-state index contributed by atoms with van der Waals surface area (Å²) in [5, 5.41) is 3.99. The summed E-state index contributed by atoms with van der Waals surface area (Å²) in [7, 11) is 0. The first-order valence-electron chi connectivity index (χ1n) is 7.30. The third-order valence-electron chi connectivity index (χ3n) is 3.40. The Labute approximate surface area is 140 Å². The van der Waals surface area contributed by atoms with Crippen LogP contribution in [0.3, 0.4) is 0 Å². The lowest BCUT2D eigenvalue weighted by molar-refractivity contribution is 1.06. The molecule has 0 aliphatic carbocycles. The highest BCUT2D eigenvalue weighted by Gasteiger charge is 2.10. The van der Waals surface area contributed by atoms with Crippen LogP contribution >= 0.6 is 11.8 Å². The van der Waals surface area contributed by atoms with E-state index in [9.17, 15) is 0 Å². The van der Waals surface area contributed by atoms with Crippen molar-refractivity contribution in [3.63, 3.8) is 0 Å². The van der Waals surface area contributed by atoms with Crippen LogP contribution in [-0.2, 0) is 0 Å². The molecule has 0 saturated heterocycles. The van der Waals surface area contributed by atoms with Gasteiger partial charge in [0.25, 0.3) is 0 Å². The van der Waals surface area contributed by atoms with Crippen molar-refractivity contribution in [3.8, 4) is 0 Å². The zero-order valence-corrected chi connectivity index (χ0v) is 13.9. The van der Waals surface area contributed by atoms with E-state index in [2.05, 4.69) is 53.4 Å². The van der Waals surface area contributed by atoms with Crippen LogP contribution in [0.4, 0.5) is 17.2 Å². The van der Waals surface area contributed by atoms with Gasteiger partial charge in [0.15, 0.2) is 5.82 Å². The fourth-order valence-corrected chi connectivity index (χ4v) is 2.85. The van der Waals surface area contributed by atoms with Crippen LogP contribution in [-0.4, -0.2) is 9.97 Å². The first-order valence-corrected chi connectivity index (χ1v) is 8.12. The van der Waals surface area contributed by atoms with E-state index in [-0.39, 0.29) is 0 Å². The number of nitrogens with one attached hydrogen (secondary N) is 1. The molecule has 23 heavy (non-hydrogen) atoms. The molecule has 0 saturated carbocycles. The van der Waals surface area contributed by atoms with Crippen LogP contribution in [0.1, 0.15) is 11.1 Å². The zero-order valence-electron chi connectivity index (χ0n) is 13.1. The molecule has 116 valence electrons. The molecule has 1 aromatic heterocycles. The van der Waals surface area contributed by atoms with Crippen LogP contribution in [0.5, 0.6) is 0 Å². The average Bonchev–Trinajstić information content (AvgIpc) is 2.55. The number of benzene rings is 2. The molecule has 0 bridgehead atoms. The number of anilines is 3. The van der Waals surface area contributed by atoms with E-state index in [1.54, 1.807) is 0 Å². The van der Waals surface area contributed by atoms with Crippen LogP contribution in [0.2, 0.25) is 0 Å². The van der Waals surface area contributed by atoms with Crippen molar-refractivity contribution in [2.45, 2.75) is 23.8 Å². The van der Waals surface area contributed by atoms with E-state index in [0.29, 0.717) is 11.5 Å². The molecule has 0 aliphatic rings. The van der Waals surface area contributed by atoms with Crippen molar-refractivity contribution < 1.29 is 0 Å². The van der Waals surface area contributed by atoms with E-state index >= 15 is 0 Å². The summed E-state index contributed by atoms with van der Waals surface area (Å²) in [4.78, 5) is 9.65. The average molecular weight is 322 g/mol. The minimum absolute atomic E-state index is 0.554. The predicted octanol–water partition coefficient (Wildman–Crippen LogP) is 4.57. The van der Waals surface area contributed by atoms with Gasteiger partial charge >= 0.3 is 0 Å². The van der Waals surface area contributed by atoms with E-state index < -0.39 is 0 Å². The van der Waals surface area contributed by atoms with Gasteiger partial charge in [-0.15, -0.1) is 0 Å². The molecule has 3 aromatic rings. The molecule has 0 unspecified atom stereocenters. The second kappa shape index (κ2) is 6.71. The van der Waals surface area contributed by atoms with Gasteiger partial charge < -0.3 is 11.1 Å². The molecule has 0 amide bonds. The van der Waals surface area contributed by atoms with Gasteiger partial charge in [-0.25, -0.2) is 9.97 Å². The van der Waals surface area contributed by atoms with Gasteiger partial charge in [0.1, 0.15) is 17.0 Å². The Bertz CT molecular complexity index is 733. The summed E-state index contributed by atoms with van der Waals surface area (Å²) in [6, 6.07) is 16.4.